The molecular formula is C23H24Cl2N2O4. The van der Waals surface area contributed by atoms with E-state index in [4.69, 9.17) is 27.9 Å². The molecular weight excluding hydrogens is 439 g/mol. The number of carbonyl (C=O) groups is 3. The summed E-state index contributed by atoms with van der Waals surface area (Å²) in [7, 11) is 1.60. The molecule has 1 heterocycles. The Balaban J connectivity index is 1.44. The van der Waals surface area contributed by atoms with Crippen molar-refractivity contribution in [2.45, 2.75) is 19.3 Å². The van der Waals surface area contributed by atoms with Crippen LogP contribution in [0, 0.1) is 5.92 Å². The van der Waals surface area contributed by atoms with Crippen LogP contribution in [0.5, 0.6) is 5.75 Å². The molecule has 1 fully saturated rings. The number of halogens is 2. The summed E-state index contributed by atoms with van der Waals surface area (Å²) in [5.41, 5.74) is 2.04. The van der Waals surface area contributed by atoms with Crippen LogP contribution in [0.15, 0.2) is 42.5 Å². The van der Waals surface area contributed by atoms with Gasteiger partial charge in [-0.05, 0) is 54.7 Å². The number of methoxy groups -OCH3 is 1. The highest BCUT2D eigenvalue weighted by Gasteiger charge is 2.42. The molecule has 2 aromatic carbocycles. The van der Waals surface area contributed by atoms with E-state index in [2.05, 4.69) is 5.32 Å². The van der Waals surface area contributed by atoms with Crippen LogP contribution in [0.2, 0.25) is 10.0 Å². The molecule has 1 unspecified atom stereocenters. The number of rotatable bonds is 9. The number of likely N-dealkylation sites (tertiary alicyclic amines) is 1. The van der Waals surface area contributed by atoms with E-state index < -0.39 is 23.5 Å². The molecule has 31 heavy (non-hydrogen) atoms. The lowest BCUT2D eigenvalue weighted by Gasteiger charge is -2.15. The lowest BCUT2D eigenvalue weighted by Crippen LogP contribution is -2.36. The first kappa shape index (κ1) is 23.1. The monoisotopic (exact) mass is 462 g/mol. The Morgan fingerprint density at radius 1 is 1.06 bits per heavy atom. The average Bonchev–Trinajstić information content (AvgIpc) is 3.06. The molecule has 3 rings (SSSR count). The lowest BCUT2D eigenvalue weighted by molar-refractivity contribution is -0.142. The third-order valence-corrected chi connectivity index (χ3v) is 6.03. The smallest absolute Gasteiger partial charge is 0.290 e. The lowest BCUT2D eigenvalue weighted by atomic mass is 10.1. The van der Waals surface area contributed by atoms with Crippen molar-refractivity contribution in [2.75, 3.05) is 26.7 Å². The highest BCUT2D eigenvalue weighted by molar-refractivity contribution is 6.42. The van der Waals surface area contributed by atoms with E-state index in [9.17, 15) is 14.4 Å². The minimum Gasteiger partial charge on any atom is -0.497 e. The van der Waals surface area contributed by atoms with Crippen molar-refractivity contribution >= 4 is 40.8 Å². The Morgan fingerprint density at radius 3 is 2.45 bits per heavy atom. The quantitative estimate of drug-likeness (QED) is 0.352. The summed E-state index contributed by atoms with van der Waals surface area (Å²) in [6, 6.07) is 12.9. The Bertz CT molecular complexity index is 963. The van der Waals surface area contributed by atoms with Crippen LogP contribution < -0.4 is 10.1 Å². The van der Waals surface area contributed by atoms with Gasteiger partial charge in [-0.1, -0.05) is 41.4 Å². The van der Waals surface area contributed by atoms with Crippen LogP contribution in [0.4, 0.5) is 0 Å². The zero-order valence-corrected chi connectivity index (χ0v) is 18.7. The van der Waals surface area contributed by atoms with E-state index >= 15 is 0 Å². The SMILES string of the molecule is COc1ccc(CCN2CC(C(=O)NCCCc3ccc(Cl)c(Cl)c3)C(=O)C2=O)cc1. The molecule has 1 atom stereocenters. The third kappa shape index (κ3) is 5.99. The van der Waals surface area contributed by atoms with E-state index in [-0.39, 0.29) is 6.54 Å². The van der Waals surface area contributed by atoms with Gasteiger partial charge in [-0.3, -0.25) is 14.4 Å². The molecule has 1 saturated heterocycles. The number of hydrogen-bond donors (Lipinski definition) is 1. The fraction of sp³-hybridized carbons (Fsp3) is 0.348. The van der Waals surface area contributed by atoms with E-state index in [0.717, 1.165) is 16.9 Å². The molecule has 2 aromatic rings. The summed E-state index contributed by atoms with van der Waals surface area (Å²) in [4.78, 5) is 38.4. The Kier molecular flexibility index (Phi) is 7.93. The number of hydrogen-bond acceptors (Lipinski definition) is 4. The number of aryl methyl sites for hydroxylation is 1. The molecule has 0 aromatic heterocycles. The maximum atomic E-state index is 12.4. The van der Waals surface area contributed by atoms with Crippen molar-refractivity contribution in [3.8, 4) is 5.75 Å². The first-order valence-corrected chi connectivity index (χ1v) is 10.8. The maximum absolute atomic E-state index is 12.4. The molecule has 1 aliphatic heterocycles. The number of nitrogens with zero attached hydrogens (tertiary/aromatic N) is 1. The van der Waals surface area contributed by atoms with Crippen LogP contribution in [-0.2, 0) is 27.2 Å². The molecule has 6 nitrogen and oxygen atoms in total. The van der Waals surface area contributed by atoms with Crippen molar-refractivity contribution in [3.05, 3.63) is 63.6 Å². The minimum absolute atomic E-state index is 0.118. The summed E-state index contributed by atoms with van der Waals surface area (Å²) < 4.78 is 5.13. The second-order valence-corrected chi connectivity index (χ2v) is 8.22. The van der Waals surface area contributed by atoms with Gasteiger partial charge in [-0.15, -0.1) is 0 Å². The van der Waals surface area contributed by atoms with Crippen LogP contribution in [0.3, 0.4) is 0 Å². The van der Waals surface area contributed by atoms with Crippen molar-refractivity contribution < 1.29 is 19.1 Å². The summed E-state index contributed by atoms with van der Waals surface area (Å²) in [6.07, 6.45) is 1.99. The average molecular weight is 463 g/mol. The first-order valence-electron chi connectivity index (χ1n) is 10.1. The van der Waals surface area contributed by atoms with Crippen LogP contribution >= 0.6 is 23.2 Å². The van der Waals surface area contributed by atoms with E-state index in [1.165, 1.54) is 4.90 Å². The van der Waals surface area contributed by atoms with Gasteiger partial charge in [-0.25, -0.2) is 0 Å². The third-order valence-electron chi connectivity index (χ3n) is 5.29. The van der Waals surface area contributed by atoms with Gasteiger partial charge in [0.25, 0.3) is 5.91 Å². The molecule has 0 saturated carbocycles. The maximum Gasteiger partial charge on any atom is 0.290 e. The predicted molar refractivity (Wildman–Crippen MR) is 120 cm³/mol. The number of ketones is 1. The van der Waals surface area contributed by atoms with Crippen LogP contribution in [-0.4, -0.2) is 49.2 Å². The van der Waals surface area contributed by atoms with Gasteiger partial charge >= 0.3 is 0 Å². The molecule has 1 aliphatic rings. The molecule has 2 amide bonds. The Labute approximate surface area is 191 Å². The zero-order chi connectivity index (χ0) is 22.4. The minimum atomic E-state index is -0.951. The predicted octanol–water partition coefficient (Wildman–Crippen LogP) is 3.32. The van der Waals surface area contributed by atoms with Crippen molar-refractivity contribution in [3.63, 3.8) is 0 Å². The molecule has 1 N–H and O–H groups in total. The van der Waals surface area contributed by atoms with Gasteiger partial charge in [0.15, 0.2) is 0 Å². The highest BCUT2D eigenvalue weighted by atomic mass is 35.5. The standard InChI is InChI=1S/C23H24Cl2N2O4/c1-31-17-7-4-15(5-8-17)10-12-27-14-18(21(28)23(27)30)22(29)26-11-2-3-16-6-9-19(24)20(25)13-16/h4-9,13,18H,2-3,10-12,14H2,1H3,(H,26,29). The van der Waals surface area contributed by atoms with Gasteiger partial charge in [0, 0.05) is 19.6 Å². The molecule has 0 spiro atoms. The first-order chi connectivity index (χ1) is 14.9. The van der Waals surface area contributed by atoms with E-state index in [1.807, 2.05) is 30.3 Å². The zero-order valence-electron chi connectivity index (χ0n) is 17.2. The van der Waals surface area contributed by atoms with Crippen LogP contribution in [0.1, 0.15) is 17.5 Å². The number of benzene rings is 2. The second-order valence-electron chi connectivity index (χ2n) is 7.41. The summed E-state index contributed by atoms with van der Waals surface area (Å²) in [6.45, 7) is 0.910. The molecule has 0 bridgehead atoms. The van der Waals surface area contributed by atoms with Gasteiger partial charge in [0.2, 0.25) is 11.7 Å². The van der Waals surface area contributed by atoms with Crippen LogP contribution in [0.25, 0.3) is 0 Å². The number of Topliss-reactive ketones (excluding diaryl/α,β-unsaturated/α-hetero) is 1. The fourth-order valence-electron chi connectivity index (χ4n) is 3.46. The highest BCUT2D eigenvalue weighted by Crippen LogP contribution is 2.23. The van der Waals surface area contributed by atoms with Crippen molar-refractivity contribution in [2.24, 2.45) is 5.92 Å². The molecule has 164 valence electrons. The van der Waals surface area contributed by atoms with Gasteiger partial charge in [0.05, 0.1) is 17.2 Å². The van der Waals surface area contributed by atoms with Gasteiger partial charge in [0.1, 0.15) is 11.7 Å². The van der Waals surface area contributed by atoms with Gasteiger partial charge in [-0.2, -0.15) is 0 Å². The summed E-state index contributed by atoms with van der Waals surface area (Å²) in [5, 5.41) is 3.76. The number of ether oxygens (including phenoxy) is 1. The normalized spacial score (nSPS) is 16.0. The van der Waals surface area contributed by atoms with E-state index in [1.54, 1.807) is 19.2 Å². The van der Waals surface area contributed by atoms with E-state index in [0.29, 0.717) is 42.4 Å². The second kappa shape index (κ2) is 10.6. The van der Waals surface area contributed by atoms with Gasteiger partial charge < -0.3 is 15.0 Å². The number of amides is 2. The summed E-state index contributed by atoms with van der Waals surface area (Å²) in [5.74, 6) is -1.83. The largest absolute Gasteiger partial charge is 0.497 e. The summed E-state index contributed by atoms with van der Waals surface area (Å²) >= 11 is 11.9. The molecule has 0 radical (unpaired) electrons. The molecule has 8 heteroatoms. The fourth-order valence-corrected chi connectivity index (χ4v) is 3.79. The number of carbonyl (C=O) groups excluding carboxylic acids is 3. The topological polar surface area (TPSA) is 75.7 Å². The Hall–Kier alpha value is -2.57. The van der Waals surface area contributed by atoms with Crippen molar-refractivity contribution in [1.29, 1.82) is 0 Å². The molecule has 0 aliphatic carbocycles. The van der Waals surface area contributed by atoms with Crippen molar-refractivity contribution in [1.82, 2.24) is 10.2 Å². The Morgan fingerprint density at radius 2 is 1.77 bits per heavy atom. The number of nitrogens with one attached hydrogen (secondary N) is 1.